The van der Waals surface area contributed by atoms with Crippen LogP contribution in [-0.4, -0.2) is 61.0 Å². The van der Waals surface area contributed by atoms with Gasteiger partial charge in [0.15, 0.2) is 0 Å². The quantitative estimate of drug-likeness (QED) is 0.740. The van der Waals surface area contributed by atoms with Crippen LogP contribution in [0.1, 0.15) is 25.1 Å². The van der Waals surface area contributed by atoms with Crippen LogP contribution in [0.25, 0.3) is 0 Å². The minimum atomic E-state index is -3.10. The first-order valence-electron chi connectivity index (χ1n) is 6.21. The molecular weight excluding hydrogens is 264 g/mol. The summed E-state index contributed by atoms with van der Waals surface area (Å²) in [7, 11) is 1.98. The average Bonchev–Trinajstić information content (AvgIpc) is 2.38. The minimum Gasteiger partial charge on any atom is -0.298 e. The third-order valence-electron chi connectivity index (χ3n) is 3.16. The van der Waals surface area contributed by atoms with Gasteiger partial charge in [-0.25, -0.2) is 22.7 Å². The molecule has 0 aromatic carbocycles. The van der Waals surface area contributed by atoms with E-state index in [2.05, 4.69) is 14.9 Å². The molecule has 108 valence electrons. The summed E-state index contributed by atoms with van der Waals surface area (Å²) in [6, 6.07) is 2.02. The second-order valence-corrected chi connectivity index (χ2v) is 7.05. The number of rotatable bonds is 7. The number of aromatic nitrogens is 2. The summed E-state index contributed by atoms with van der Waals surface area (Å²) in [5.74, 6) is 0.167. The minimum absolute atomic E-state index is 0.144. The van der Waals surface area contributed by atoms with Gasteiger partial charge in [-0.05, 0) is 33.0 Å². The molecule has 0 saturated carbocycles. The van der Waals surface area contributed by atoms with E-state index in [1.807, 2.05) is 20.0 Å². The van der Waals surface area contributed by atoms with Crippen molar-refractivity contribution in [3.63, 3.8) is 0 Å². The third kappa shape index (κ3) is 4.85. The molecule has 1 atom stereocenters. The standard InChI is InChI=1S/C12H22N4O2S/c1-11(12-6-7-13-10-14-12)16(4)8-5-9-19(17,18)15(2)3/h6-7,10-11H,5,8-9H2,1-4H3/t11-/m1/s1. The maximum atomic E-state index is 11.6. The van der Waals surface area contributed by atoms with Crippen molar-refractivity contribution in [2.24, 2.45) is 0 Å². The topological polar surface area (TPSA) is 66.4 Å². The molecule has 0 spiro atoms. The van der Waals surface area contributed by atoms with E-state index in [-0.39, 0.29) is 11.8 Å². The van der Waals surface area contributed by atoms with Crippen molar-refractivity contribution in [3.05, 3.63) is 24.3 Å². The molecule has 6 nitrogen and oxygen atoms in total. The SMILES string of the molecule is C[C@H](c1ccncn1)N(C)CCCS(=O)(=O)N(C)C. The summed E-state index contributed by atoms with van der Waals surface area (Å²) in [4.78, 5) is 10.2. The summed E-state index contributed by atoms with van der Waals surface area (Å²) in [5.41, 5.74) is 0.938. The van der Waals surface area contributed by atoms with E-state index in [0.717, 1.165) is 5.69 Å². The van der Waals surface area contributed by atoms with E-state index in [1.165, 1.54) is 10.6 Å². The van der Waals surface area contributed by atoms with Crippen molar-refractivity contribution in [1.29, 1.82) is 0 Å². The Kier molecular flexibility index (Phi) is 5.84. The zero-order valence-corrected chi connectivity index (χ0v) is 12.8. The molecule has 0 bridgehead atoms. The van der Waals surface area contributed by atoms with Crippen molar-refractivity contribution in [3.8, 4) is 0 Å². The van der Waals surface area contributed by atoms with Gasteiger partial charge in [0.25, 0.3) is 0 Å². The smallest absolute Gasteiger partial charge is 0.213 e. The van der Waals surface area contributed by atoms with Gasteiger partial charge in [-0.15, -0.1) is 0 Å². The molecule has 0 saturated heterocycles. The van der Waals surface area contributed by atoms with Crippen molar-refractivity contribution in [2.45, 2.75) is 19.4 Å². The number of nitrogens with zero attached hydrogens (tertiary/aromatic N) is 4. The first-order valence-corrected chi connectivity index (χ1v) is 7.82. The van der Waals surface area contributed by atoms with Gasteiger partial charge in [-0.3, -0.25) is 4.90 Å². The molecule has 0 aliphatic carbocycles. The Morgan fingerprint density at radius 3 is 2.53 bits per heavy atom. The molecule has 0 radical (unpaired) electrons. The van der Waals surface area contributed by atoms with Gasteiger partial charge in [0.05, 0.1) is 11.4 Å². The number of hydrogen-bond acceptors (Lipinski definition) is 5. The highest BCUT2D eigenvalue weighted by Gasteiger charge is 2.16. The molecule has 1 aromatic heterocycles. The fraction of sp³-hybridized carbons (Fsp3) is 0.667. The molecule has 0 aliphatic heterocycles. The van der Waals surface area contributed by atoms with Crippen molar-refractivity contribution < 1.29 is 8.42 Å². The van der Waals surface area contributed by atoms with Crippen molar-refractivity contribution in [1.82, 2.24) is 19.2 Å². The van der Waals surface area contributed by atoms with Crippen LogP contribution in [0.4, 0.5) is 0 Å². The summed E-state index contributed by atoms with van der Waals surface area (Å²) in [5, 5.41) is 0. The highest BCUT2D eigenvalue weighted by molar-refractivity contribution is 7.89. The van der Waals surface area contributed by atoms with E-state index in [9.17, 15) is 8.42 Å². The maximum Gasteiger partial charge on any atom is 0.213 e. The third-order valence-corrected chi connectivity index (χ3v) is 5.08. The lowest BCUT2D eigenvalue weighted by molar-refractivity contribution is 0.257. The van der Waals surface area contributed by atoms with E-state index in [1.54, 1.807) is 20.3 Å². The van der Waals surface area contributed by atoms with Gasteiger partial charge >= 0.3 is 0 Å². The molecule has 1 heterocycles. The normalized spacial score (nSPS) is 14.0. The molecule has 0 fully saturated rings. The highest BCUT2D eigenvalue weighted by atomic mass is 32.2. The van der Waals surface area contributed by atoms with Gasteiger partial charge in [0.2, 0.25) is 10.0 Å². The molecule has 7 heteroatoms. The van der Waals surface area contributed by atoms with Gasteiger partial charge in [0, 0.05) is 26.3 Å². The molecule has 0 aliphatic rings. The van der Waals surface area contributed by atoms with Gasteiger partial charge < -0.3 is 0 Å². The predicted molar refractivity (Wildman–Crippen MR) is 75.2 cm³/mol. The molecule has 0 N–H and O–H groups in total. The zero-order valence-electron chi connectivity index (χ0n) is 11.9. The molecule has 19 heavy (non-hydrogen) atoms. The lowest BCUT2D eigenvalue weighted by Crippen LogP contribution is -2.29. The van der Waals surface area contributed by atoms with Crippen LogP contribution in [0.3, 0.4) is 0 Å². The first-order chi connectivity index (χ1) is 8.84. The second kappa shape index (κ2) is 6.93. The summed E-state index contributed by atoms with van der Waals surface area (Å²) >= 11 is 0. The summed E-state index contributed by atoms with van der Waals surface area (Å²) < 4.78 is 24.5. The van der Waals surface area contributed by atoms with Crippen LogP contribution in [0.5, 0.6) is 0 Å². The molecule has 1 aromatic rings. The van der Waals surface area contributed by atoms with Crippen molar-refractivity contribution in [2.75, 3.05) is 33.4 Å². The Labute approximate surface area is 115 Å². The fourth-order valence-electron chi connectivity index (χ4n) is 1.65. The second-order valence-electron chi connectivity index (χ2n) is 4.74. The van der Waals surface area contributed by atoms with Gasteiger partial charge in [-0.2, -0.15) is 0 Å². The summed E-state index contributed by atoms with van der Waals surface area (Å²) in [6.45, 7) is 2.75. The largest absolute Gasteiger partial charge is 0.298 e. The number of hydrogen-bond donors (Lipinski definition) is 0. The fourth-order valence-corrected chi connectivity index (χ4v) is 2.51. The van der Waals surface area contributed by atoms with Crippen LogP contribution in [0, 0.1) is 0 Å². The molecular formula is C12H22N4O2S. The van der Waals surface area contributed by atoms with E-state index >= 15 is 0 Å². The van der Waals surface area contributed by atoms with Crippen LogP contribution >= 0.6 is 0 Å². The van der Waals surface area contributed by atoms with E-state index < -0.39 is 10.0 Å². The van der Waals surface area contributed by atoms with Crippen molar-refractivity contribution >= 4 is 10.0 Å². The highest BCUT2D eigenvalue weighted by Crippen LogP contribution is 2.15. The van der Waals surface area contributed by atoms with E-state index in [4.69, 9.17) is 0 Å². The lowest BCUT2D eigenvalue weighted by atomic mass is 10.2. The van der Waals surface area contributed by atoms with Crippen LogP contribution in [0.15, 0.2) is 18.6 Å². The predicted octanol–water partition coefficient (Wildman–Crippen LogP) is 0.751. The number of sulfonamides is 1. The zero-order chi connectivity index (χ0) is 14.5. The van der Waals surface area contributed by atoms with E-state index in [0.29, 0.717) is 13.0 Å². The van der Waals surface area contributed by atoms with Crippen LogP contribution < -0.4 is 0 Å². The van der Waals surface area contributed by atoms with Crippen LogP contribution in [-0.2, 0) is 10.0 Å². The molecule has 1 rings (SSSR count). The molecule has 0 amide bonds. The Bertz CT molecular complexity index is 476. The lowest BCUT2D eigenvalue weighted by Gasteiger charge is -2.24. The monoisotopic (exact) mass is 286 g/mol. The Morgan fingerprint density at radius 1 is 1.32 bits per heavy atom. The Morgan fingerprint density at radius 2 is 2.00 bits per heavy atom. The van der Waals surface area contributed by atoms with Crippen LogP contribution in [0.2, 0.25) is 0 Å². The van der Waals surface area contributed by atoms with Gasteiger partial charge in [0.1, 0.15) is 6.33 Å². The van der Waals surface area contributed by atoms with Gasteiger partial charge in [-0.1, -0.05) is 0 Å². The Balaban J connectivity index is 2.46. The average molecular weight is 286 g/mol. The summed E-state index contributed by atoms with van der Waals surface area (Å²) in [6.07, 6.45) is 3.84. The Hall–Kier alpha value is -1.05. The first kappa shape index (κ1) is 16.0. The molecule has 0 unspecified atom stereocenters. The maximum absolute atomic E-state index is 11.6.